The molecule has 0 aliphatic heterocycles. The topological polar surface area (TPSA) is 146 Å². The first-order valence-corrected chi connectivity index (χ1v) is 12.0. The Labute approximate surface area is 225 Å². The summed E-state index contributed by atoms with van der Waals surface area (Å²) in [5, 5.41) is 10.5. The molecule has 0 saturated carbocycles. The molecule has 39 heavy (non-hydrogen) atoms. The molecule has 0 fully saturated rings. The summed E-state index contributed by atoms with van der Waals surface area (Å²) in [5.41, 5.74) is 3.46. The number of nitrogens with zero attached hydrogens (tertiary/aromatic N) is 1. The van der Waals surface area contributed by atoms with Crippen molar-refractivity contribution in [1.82, 2.24) is 5.32 Å². The first-order valence-electron chi connectivity index (χ1n) is 12.0. The van der Waals surface area contributed by atoms with Crippen LogP contribution in [0, 0.1) is 6.92 Å². The average Bonchev–Trinajstić information content (AvgIpc) is 2.94. The number of anilines is 4. The monoisotopic (exact) mass is 531 g/mol. The minimum absolute atomic E-state index is 0.0421. The standard InChI is InChI=1S/C28H29N5O6/c1-4-24(35)39-26(29-17-34)27(37)33(3)22-15-9-19(10-16-22)25(36)30-20-11-13-21(14-12-20)31-28(38)32-23-8-6-5-7-18(23)2/h5-17,26H,4H2,1-3H3,(H,29,34)(H,30,36)(H2,31,32,38). The van der Waals surface area contributed by atoms with Gasteiger partial charge >= 0.3 is 12.0 Å². The van der Waals surface area contributed by atoms with E-state index in [0.29, 0.717) is 28.3 Å². The zero-order valence-electron chi connectivity index (χ0n) is 21.7. The van der Waals surface area contributed by atoms with Gasteiger partial charge in [0.2, 0.25) is 6.41 Å². The van der Waals surface area contributed by atoms with Crippen LogP contribution in [0.1, 0.15) is 29.3 Å². The largest absolute Gasteiger partial charge is 0.432 e. The number of ether oxygens (including phenoxy) is 1. The highest BCUT2D eigenvalue weighted by Crippen LogP contribution is 2.19. The number of carbonyl (C=O) groups is 5. The molecule has 3 rings (SSSR count). The summed E-state index contributed by atoms with van der Waals surface area (Å²) in [6, 6.07) is 19.8. The highest BCUT2D eigenvalue weighted by atomic mass is 16.6. The molecule has 0 bridgehead atoms. The smallest absolute Gasteiger partial charge is 0.323 e. The van der Waals surface area contributed by atoms with Gasteiger partial charge in [-0.25, -0.2) is 4.79 Å². The molecule has 0 heterocycles. The van der Waals surface area contributed by atoms with Crippen LogP contribution in [0.5, 0.6) is 0 Å². The lowest BCUT2D eigenvalue weighted by molar-refractivity contribution is -0.157. The number of amides is 5. The van der Waals surface area contributed by atoms with Crippen LogP contribution in [-0.4, -0.2) is 43.5 Å². The van der Waals surface area contributed by atoms with Crippen molar-refractivity contribution in [3.8, 4) is 0 Å². The van der Waals surface area contributed by atoms with E-state index >= 15 is 0 Å². The fourth-order valence-electron chi connectivity index (χ4n) is 3.41. The second-order valence-corrected chi connectivity index (χ2v) is 8.38. The lowest BCUT2D eigenvalue weighted by atomic mass is 10.1. The Morgan fingerprint density at radius 1 is 0.872 bits per heavy atom. The number of urea groups is 1. The van der Waals surface area contributed by atoms with E-state index in [1.54, 1.807) is 43.3 Å². The highest BCUT2D eigenvalue weighted by Gasteiger charge is 2.26. The fraction of sp³-hybridized carbons (Fsp3) is 0.179. The number of nitrogens with one attached hydrogen (secondary N) is 4. The third kappa shape index (κ3) is 7.89. The van der Waals surface area contributed by atoms with E-state index in [1.807, 2.05) is 31.2 Å². The maximum absolute atomic E-state index is 12.7. The number of benzene rings is 3. The Bertz CT molecular complexity index is 1340. The molecule has 0 aliphatic carbocycles. The summed E-state index contributed by atoms with van der Waals surface area (Å²) in [6.45, 7) is 3.46. The van der Waals surface area contributed by atoms with Crippen LogP contribution in [0.4, 0.5) is 27.5 Å². The minimum Gasteiger partial charge on any atom is -0.432 e. The first-order chi connectivity index (χ1) is 18.7. The molecule has 0 spiro atoms. The molecule has 3 aromatic carbocycles. The number of likely N-dealkylation sites (N-methyl/N-ethyl adjacent to an activating group) is 1. The lowest BCUT2D eigenvalue weighted by Crippen LogP contribution is -2.47. The number of para-hydroxylation sites is 1. The van der Waals surface area contributed by atoms with Gasteiger partial charge in [-0.15, -0.1) is 0 Å². The van der Waals surface area contributed by atoms with Gasteiger partial charge in [-0.05, 0) is 67.1 Å². The summed E-state index contributed by atoms with van der Waals surface area (Å²) in [6.07, 6.45) is -1.15. The fourth-order valence-corrected chi connectivity index (χ4v) is 3.41. The molecule has 0 aliphatic rings. The molecule has 1 unspecified atom stereocenters. The molecule has 0 saturated heterocycles. The Hall–Kier alpha value is -5.19. The number of aryl methyl sites for hydroxylation is 1. The van der Waals surface area contributed by atoms with E-state index in [-0.39, 0.29) is 24.8 Å². The number of hydrogen-bond donors (Lipinski definition) is 4. The van der Waals surface area contributed by atoms with Crippen molar-refractivity contribution in [3.63, 3.8) is 0 Å². The van der Waals surface area contributed by atoms with Gasteiger partial charge in [-0.2, -0.15) is 0 Å². The van der Waals surface area contributed by atoms with Gasteiger partial charge in [0.1, 0.15) is 0 Å². The van der Waals surface area contributed by atoms with Crippen molar-refractivity contribution in [2.45, 2.75) is 26.5 Å². The average molecular weight is 532 g/mol. The van der Waals surface area contributed by atoms with Crippen molar-refractivity contribution in [2.24, 2.45) is 0 Å². The van der Waals surface area contributed by atoms with Crippen LogP contribution in [0.2, 0.25) is 0 Å². The van der Waals surface area contributed by atoms with Crippen molar-refractivity contribution >= 4 is 53.0 Å². The molecular weight excluding hydrogens is 502 g/mol. The highest BCUT2D eigenvalue weighted by molar-refractivity contribution is 6.05. The van der Waals surface area contributed by atoms with Gasteiger partial charge in [0.15, 0.2) is 0 Å². The number of hydrogen-bond acceptors (Lipinski definition) is 6. The molecule has 5 amide bonds. The normalized spacial score (nSPS) is 10.9. The van der Waals surface area contributed by atoms with Crippen molar-refractivity contribution in [3.05, 3.63) is 83.9 Å². The van der Waals surface area contributed by atoms with E-state index < -0.39 is 18.1 Å². The molecule has 11 heteroatoms. The van der Waals surface area contributed by atoms with Crippen LogP contribution >= 0.6 is 0 Å². The van der Waals surface area contributed by atoms with Crippen molar-refractivity contribution < 1.29 is 28.7 Å². The van der Waals surface area contributed by atoms with Gasteiger partial charge in [0.25, 0.3) is 18.0 Å². The molecule has 202 valence electrons. The van der Waals surface area contributed by atoms with Gasteiger partial charge in [-0.1, -0.05) is 25.1 Å². The summed E-state index contributed by atoms with van der Waals surface area (Å²) < 4.78 is 4.97. The van der Waals surface area contributed by atoms with E-state index in [0.717, 1.165) is 5.56 Å². The maximum Gasteiger partial charge on any atom is 0.323 e. The predicted molar refractivity (Wildman–Crippen MR) is 147 cm³/mol. The van der Waals surface area contributed by atoms with Crippen LogP contribution in [0.3, 0.4) is 0 Å². The first kappa shape index (κ1) is 28.4. The maximum atomic E-state index is 12.7. The Kier molecular flexibility index (Phi) is 9.74. The van der Waals surface area contributed by atoms with Crippen molar-refractivity contribution in [2.75, 3.05) is 27.9 Å². The molecular formula is C28H29N5O6. The van der Waals surface area contributed by atoms with Crippen LogP contribution in [0.15, 0.2) is 72.8 Å². The third-order valence-corrected chi connectivity index (χ3v) is 5.62. The zero-order valence-corrected chi connectivity index (χ0v) is 21.7. The Morgan fingerprint density at radius 2 is 1.49 bits per heavy atom. The molecule has 4 N–H and O–H groups in total. The SMILES string of the molecule is CCC(=O)OC(NC=O)C(=O)N(C)c1ccc(C(=O)Nc2ccc(NC(=O)Nc3ccccc3C)cc2)cc1. The summed E-state index contributed by atoms with van der Waals surface area (Å²) in [7, 11) is 1.45. The van der Waals surface area contributed by atoms with Crippen molar-refractivity contribution in [1.29, 1.82) is 0 Å². The molecule has 11 nitrogen and oxygen atoms in total. The minimum atomic E-state index is -1.46. The number of esters is 1. The Morgan fingerprint density at radius 3 is 2.08 bits per heavy atom. The quantitative estimate of drug-likeness (QED) is 0.177. The number of carbonyl (C=O) groups excluding carboxylic acids is 5. The van der Waals surface area contributed by atoms with Crippen LogP contribution in [-0.2, 0) is 19.1 Å². The predicted octanol–water partition coefficient (Wildman–Crippen LogP) is 3.88. The van der Waals surface area contributed by atoms with Gasteiger partial charge < -0.3 is 30.9 Å². The number of rotatable bonds is 10. The van der Waals surface area contributed by atoms with E-state index in [2.05, 4.69) is 21.3 Å². The summed E-state index contributed by atoms with van der Waals surface area (Å²) in [5.74, 6) is -1.69. The second kappa shape index (κ2) is 13.4. The molecule has 0 radical (unpaired) electrons. The summed E-state index contributed by atoms with van der Waals surface area (Å²) >= 11 is 0. The second-order valence-electron chi connectivity index (χ2n) is 8.38. The van der Waals surface area contributed by atoms with Crippen LogP contribution in [0.25, 0.3) is 0 Å². The van der Waals surface area contributed by atoms with Gasteiger partial charge in [-0.3, -0.25) is 19.2 Å². The molecule has 0 aromatic heterocycles. The van der Waals surface area contributed by atoms with E-state index in [9.17, 15) is 24.0 Å². The van der Waals surface area contributed by atoms with E-state index in [4.69, 9.17) is 4.74 Å². The molecule has 1 atom stereocenters. The van der Waals surface area contributed by atoms with Crippen LogP contribution < -0.4 is 26.2 Å². The van der Waals surface area contributed by atoms with Gasteiger partial charge in [0, 0.05) is 41.8 Å². The van der Waals surface area contributed by atoms with Gasteiger partial charge in [0.05, 0.1) is 0 Å². The Balaban J connectivity index is 1.57. The summed E-state index contributed by atoms with van der Waals surface area (Å²) in [4.78, 5) is 61.2. The van der Waals surface area contributed by atoms with E-state index in [1.165, 1.54) is 24.1 Å². The third-order valence-electron chi connectivity index (χ3n) is 5.62. The lowest BCUT2D eigenvalue weighted by Gasteiger charge is -2.23. The zero-order chi connectivity index (χ0) is 28.4. The molecule has 3 aromatic rings.